The fourth-order valence-corrected chi connectivity index (χ4v) is 3.21. The van der Waals surface area contributed by atoms with E-state index in [0.717, 1.165) is 32.6 Å². The third kappa shape index (κ3) is 2.38. The molecule has 1 fully saturated rings. The predicted octanol–water partition coefficient (Wildman–Crippen LogP) is 1.04. The van der Waals surface area contributed by atoms with E-state index in [2.05, 4.69) is 39.8 Å². The van der Waals surface area contributed by atoms with Gasteiger partial charge in [0.1, 0.15) is 0 Å². The second kappa shape index (κ2) is 5.31. The average Bonchev–Trinajstić information content (AvgIpc) is 2.64. The van der Waals surface area contributed by atoms with Crippen LogP contribution in [0.5, 0.6) is 0 Å². The average molecular weight is 259 g/mol. The van der Waals surface area contributed by atoms with Crippen LogP contribution in [-0.4, -0.2) is 36.5 Å². The molecule has 2 aliphatic rings. The molecule has 1 saturated heterocycles. The van der Waals surface area contributed by atoms with Crippen LogP contribution in [0.15, 0.2) is 24.3 Å². The molecule has 2 atom stereocenters. The first-order valence-corrected chi connectivity index (χ1v) is 7.09. The summed E-state index contributed by atoms with van der Waals surface area (Å²) in [5, 5.41) is 6.42. The van der Waals surface area contributed by atoms with Crippen molar-refractivity contribution in [2.45, 2.75) is 32.0 Å². The molecule has 102 valence electrons. The Morgan fingerprint density at radius 2 is 2.11 bits per heavy atom. The van der Waals surface area contributed by atoms with Gasteiger partial charge in [-0.15, -0.1) is 0 Å². The van der Waals surface area contributed by atoms with Crippen molar-refractivity contribution in [2.24, 2.45) is 0 Å². The number of nitrogens with one attached hydrogen (secondary N) is 2. The molecule has 2 heterocycles. The number of rotatable bonds is 1. The summed E-state index contributed by atoms with van der Waals surface area (Å²) in [5.74, 6) is 0.154. The summed E-state index contributed by atoms with van der Waals surface area (Å²) in [6.07, 6.45) is 1.06. The van der Waals surface area contributed by atoms with Gasteiger partial charge in [0.15, 0.2) is 0 Å². The van der Waals surface area contributed by atoms with Crippen molar-refractivity contribution >= 4 is 5.91 Å². The second-order valence-corrected chi connectivity index (χ2v) is 5.38. The highest BCUT2D eigenvalue weighted by atomic mass is 16.2. The third-order valence-electron chi connectivity index (χ3n) is 4.27. The molecular weight excluding hydrogens is 238 g/mol. The molecule has 0 aliphatic carbocycles. The largest absolute Gasteiger partial charge is 0.353 e. The SMILES string of the molecule is CC1C(=O)NCCN1C1CCNCc2ccccc21. The van der Waals surface area contributed by atoms with Crippen LogP contribution in [0, 0.1) is 0 Å². The molecule has 0 aromatic heterocycles. The minimum Gasteiger partial charge on any atom is -0.353 e. The molecule has 2 aliphatic heterocycles. The first-order chi connectivity index (χ1) is 9.27. The van der Waals surface area contributed by atoms with Gasteiger partial charge in [-0.05, 0) is 31.0 Å². The molecule has 4 heteroatoms. The van der Waals surface area contributed by atoms with Gasteiger partial charge < -0.3 is 10.6 Å². The zero-order valence-corrected chi connectivity index (χ0v) is 11.4. The van der Waals surface area contributed by atoms with Crippen LogP contribution in [0.3, 0.4) is 0 Å². The summed E-state index contributed by atoms with van der Waals surface area (Å²) in [5.41, 5.74) is 2.75. The highest BCUT2D eigenvalue weighted by molar-refractivity contribution is 5.82. The zero-order chi connectivity index (χ0) is 13.2. The first kappa shape index (κ1) is 12.6. The minimum atomic E-state index is -0.0371. The normalized spacial score (nSPS) is 28.4. The first-order valence-electron chi connectivity index (χ1n) is 7.09. The number of hydrogen-bond acceptors (Lipinski definition) is 3. The molecule has 0 radical (unpaired) electrons. The maximum absolute atomic E-state index is 11.9. The monoisotopic (exact) mass is 259 g/mol. The highest BCUT2D eigenvalue weighted by Crippen LogP contribution is 2.31. The van der Waals surface area contributed by atoms with Crippen molar-refractivity contribution in [1.29, 1.82) is 0 Å². The molecule has 1 aromatic rings. The van der Waals surface area contributed by atoms with Crippen molar-refractivity contribution in [1.82, 2.24) is 15.5 Å². The fourth-order valence-electron chi connectivity index (χ4n) is 3.21. The van der Waals surface area contributed by atoms with Gasteiger partial charge in [-0.1, -0.05) is 24.3 Å². The Morgan fingerprint density at radius 3 is 3.00 bits per heavy atom. The molecule has 1 aromatic carbocycles. The molecule has 2 unspecified atom stereocenters. The standard InChI is InChI=1S/C15H21N3O/c1-11-15(19)17-8-9-18(11)14-6-7-16-10-12-4-2-3-5-13(12)14/h2-5,11,14,16H,6-10H2,1H3,(H,17,19). The molecule has 0 spiro atoms. The fraction of sp³-hybridized carbons (Fsp3) is 0.533. The summed E-state index contributed by atoms with van der Waals surface area (Å²) in [7, 11) is 0. The molecule has 2 N–H and O–H groups in total. The van der Waals surface area contributed by atoms with Crippen LogP contribution in [-0.2, 0) is 11.3 Å². The maximum Gasteiger partial charge on any atom is 0.237 e. The number of amides is 1. The lowest BCUT2D eigenvalue weighted by Gasteiger charge is -2.39. The molecule has 1 amide bonds. The maximum atomic E-state index is 11.9. The van der Waals surface area contributed by atoms with Crippen molar-refractivity contribution in [3.63, 3.8) is 0 Å². The van der Waals surface area contributed by atoms with E-state index in [4.69, 9.17) is 0 Å². The Kier molecular flexibility index (Phi) is 3.53. The van der Waals surface area contributed by atoms with Crippen LogP contribution in [0.2, 0.25) is 0 Å². The zero-order valence-electron chi connectivity index (χ0n) is 11.4. The summed E-state index contributed by atoms with van der Waals surface area (Å²) in [4.78, 5) is 14.2. The van der Waals surface area contributed by atoms with E-state index in [0.29, 0.717) is 6.04 Å². The predicted molar refractivity (Wildman–Crippen MR) is 74.7 cm³/mol. The van der Waals surface area contributed by atoms with E-state index in [1.165, 1.54) is 11.1 Å². The topological polar surface area (TPSA) is 44.4 Å². The van der Waals surface area contributed by atoms with Crippen molar-refractivity contribution in [3.8, 4) is 0 Å². The minimum absolute atomic E-state index is 0.0371. The highest BCUT2D eigenvalue weighted by Gasteiger charge is 2.33. The van der Waals surface area contributed by atoms with E-state index in [-0.39, 0.29) is 11.9 Å². The van der Waals surface area contributed by atoms with Gasteiger partial charge in [0.05, 0.1) is 6.04 Å². The number of piperazine rings is 1. The van der Waals surface area contributed by atoms with Crippen LogP contribution < -0.4 is 10.6 Å². The Bertz CT molecular complexity index is 474. The van der Waals surface area contributed by atoms with E-state index in [9.17, 15) is 4.79 Å². The van der Waals surface area contributed by atoms with E-state index in [1.54, 1.807) is 0 Å². The number of nitrogens with zero attached hydrogens (tertiary/aromatic N) is 1. The third-order valence-corrected chi connectivity index (χ3v) is 4.27. The summed E-state index contributed by atoms with van der Waals surface area (Å²) < 4.78 is 0. The molecule has 3 rings (SSSR count). The lowest BCUT2D eigenvalue weighted by Crippen LogP contribution is -2.54. The lowest BCUT2D eigenvalue weighted by molar-refractivity contribution is -0.129. The van der Waals surface area contributed by atoms with Crippen LogP contribution >= 0.6 is 0 Å². The Labute approximate surface area is 114 Å². The Morgan fingerprint density at radius 1 is 1.26 bits per heavy atom. The number of fused-ring (bicyclic) bond motifs is 1. The summed E-state index contributed by atoms with van der Waals surface area (Å²) >= 11 is 0. The van der Waals surface area contributed by atoms with Gasteiger partial charge in [-0.25, -0.2) is 0 Å². The quantitative estimate of drug-likeness (QED) is 0.792. The molecule has 0 bridgehead atoms. The summed E-state index contributed by atoms with van der Waals surface area (Å²) in [6, 6.07) is 8.92. The van der Waals surface area contributed by atoms with Gasteiger partial charge in [0.25, 0.3) is 0 Å². The number of benzene rings is 1. The van der Waals surface area contributed by atoms with Gasteiger partial charge in [-0.2, -0.15) is 0 Å². The van der Waals surface area contributed by atoms with Crippen LogP contribution in [0.1, 0.15) is 30.5 Å². The number of carbonyl (C=O) groups is 1. The van der Waals surface area contributed by atoms with E-state index in [1.807, 2.05) is 6.92 Å². The van der Waals surface area contributed by atoms with Crippen molar-refractivity contribution < 1.29 is 4.79 Å². The Hall–Kier alpha value is -1.39. The van der Waals surface area contributed by atoms with Crippen LogP contribution in [0.4, 0.5) is 0 Å². The van der Waals surface area contributed by atoms with E-state index < -0.39 is 0 Å². The van der Waals surface area contributed by atoms with Crippen molar-refractivity contribution in [3.05, 3.63) is 35.4 Å². The molecule has 19 heavy (non-hydrogen) atoms. The van der Waals surface area contributed by atoms with Crippen LogP contribution in [0.25, 0.3) is 0 Å². The van der Waals surface area contributed by atoms with Crippen molar-refractivity contribution in [2.75, 3.05) is 19.6 Å². The van der Waals surface area contributed by atoms with E-state index >= 15 is 0 Å². The van der Waals surface area contributed by atoms with Gasteiger partial charge in [0.2, 0.25) is 5.91 Å². The Balaban J connectivity index is 1.93. The van der Waals surface area contributed by atoms with Gasteiger partial charge >= 0.3 is 0 Å². The smallest absolute Gasteiger partial charge is 0.237 e. The molecule has 4 nitrogen and oxygen atoms in total. The van der Waals surface area contributed by atoms with Gasteiger partial charge in [0, 0.05) is 25.7 Å². The summed E-state index contributed by atoms with van der Waals surface area (Å²) in [6.45, 7) is 5.64. The second-order valence-electron chi connectivity index (χ2n) is 5.38. The molecule has 0 saturated carbocycles. The lowest BCUT2D eigenvalue weighted by atomic mass is 9.96. The number of hydrogen-bond donors (Lipinski definition) is 2. The number of carbonyl (C=O) groups excluding carboxylic acids is 1. The molecular formula is C15H21N3O. The van der Waals surface area contributed by atoms with Gasteiger partial charge in [-0.3, -0.25) is 9.69 Å².